The molecular weight excluding hydrogens is 258 g/mol. The molecule has 0 aromatic heterocycles. The lowest BCUT2D eigenvalue weighted by Gasteiger charge is -2.08. The number of aromatic carboxylic acids is 1. The largest absolute Gasteiger partial charge is 0.478 e. The highest BCUT2D eigenvalue weighted by Gasteiger charge is 2.17. The van der Waals surface area contributed by atoms with Crippen LogP contribution in [0.4, 0.5) is 5.69 Å². The van der Waals surface area contributed by atoms with E-state index in [-0.39, 0.29) is 23.8 Å². The predicted molar refractivity (Wildman–Crippen MR) is 67.0 cm³/mol. The molecule has 1 aromatic rings. The molecule has 7 heteroatoms. The Hall–Kier alpha value is -1.60. The summed E-state index contributed by atoms with van der Waals surface area (Å²) in [5, 5.41) is 28.5. The smallest absolute Gasteiger partial charge is 0.335 e. The Labute approximate surface area is 108 Å². The van der Waals surface area contributed by atoms with Crippen LogP contribution in [-0.2, 0) is 0 Å². The Morgan fingerprint density at radius 1 is 1.56 bits per heavy atom. The van der Waals surface area contributed by atoms with Gasteiger partial charge in [0.2, 0.25) is 0 Å². The first-order chi connectivity index (χ1) is 8.45. The van der Waals surface area contributed by atoms with Crippen molar-refractivity contribution in [1.82, 2.24) is 0 Å². The van der Waals surface area contributed by atoms with Crippen molar-refractivity contribution >= 4 is 23.4 Å². The molecule has 0 heterocycles. The van der Waals surface area contributed by atoms with E-state index >= 15 is 0 Å². The van der Waals surface area contributed by atoms with Gasteiger partial charge in [0.25, 0.3) is 5.69 Å². The van der Waals surface area contributed by atoms with Crippen LogP contribution in [0.2, 0.25) is 0 Å². The third-order valence-electron chi connectivity index (χ3n) is 2.24. The maximum absolute atomic E-state index is 10.8. The lowest BCUT2D eigenvalue weighted by Crippen LogP contribution is -2.04. The van der Waals surface area contributed by atoms with Crippen LogP contribution in [0.3, 0.4) is 0 Å². The van der Waals surface area contributed by atoms with Crippen molar-refractivity contribution in [2.75, 3.05) is 12.4 Å². The molecule has 0 aliphatic heterocycles. The van der Waals surface area contributed by atoms with Crippen LogP contribution in [0.1, 0.15) is 17.3 Å². The molecule has 18 heavy (non-hydrogen) atoms. The highest BCUT2D eigenvalue weighted by atomic mass is 32.2. The fourth-order valence-electron chi connectivity index (χ4n) is 1.20. The highest BCUT2D eigenvalue weighted by Crippen LogP contribution is 2.31. The van der Waals surface area contributed by atoms with Crippen LogP contribution >= 0.6 is 11.8 Å². The average Bonchev–Trinajstić information content (AvgIpc) is 2.35. The molecule has 0 radical (unpaired) electrons. The second kappa shape index (κ2) is 6.36. The predicted octanol–water partition coefficient (Wildman–Crippen LogP) is 2.01. The first-order valence-electron chi connectivity index (χ1n) is 5.21. The Bertz CT molecular complexity index is 463. The number of rotatable bonds is 6. The molecule has 1 unspecified atom stereocenters. The average molecular weight is 271 g/mol. The molecule has 1 atom stereocenters. The number of aliphatic hydroxyl groups excluding tert-OH is 1. The Morgan fingerprint density at radius 3 is 2.72 bits per heavy atom. The van der Waals surface area contributed by atoms with Gasteiger partial charge in [0.15, 0.2) is 0 Å². The zero-order valence-electron chi connectivity index (χ0n) is 9.70. The summed E-state index contributed by atoms with van der Waals surface area (Å²) in [6.07, 6.45) is 0. The van der Waals surface area contributed by atoms with Gasteiger partial charge in [0, 0.05) is 18.4 Å². The topological polar surface area (TPSA) is 101 Å². The number of aliphatic hydroxyl groups is 1. The van der Waals surface area contributed by atoms with Gasteiger partial charge < -0.3 is 10.2 Å². The first kappa shape index (κ1) is 14.5. The van der Waals surface area contributed by atoms with Crippen LogP contribution in [-0.4, -0.2) is 33.5 Å². The summed E-state index contributed by atoms with van der Waals surface area (Å²) in [6.45, 7) is 1.79. The minimum absolute atomic E-state index is 0.0110. The molecule has 0 saturated carbocycles. The SMILES string of the molecule is CC(CO)CSc1cc(C(=O)O)ccc1[N+](=O)[O-]. The molecule has 0 aliphatic rings. The van der Waals surface area contributed by atoms with Crippen molar-refractivity contribution in [2.45, 2.75) is 11.8 Å². The monoisotopic (exact) mass is 271 g/mol. The van der Waals surface area contributed by atoms with Crippen LogP contribution in [0, 0.1) is 16.0 Å². The van der Waals surface area contributed by atoms with Crippen molar-refractivity contribution in [1.29, 1.82) is 0 Å². The lowest BCUT2D eigenvalue weighted by molar-refractivity contribution is -0.387. The summed E-state index contributed by atoms with van der Waals surface area (Å²) in [6, 6.07) is 3.69. The summed E-state index contributed by atoms with van der Waals surface area (Å²) in [7, 11) is 0. The zero-order valence-corrected chi connectivity index (χ0v) is 10.5. The van der Waals surface area contributed by atoms with Gasteiger partial charge in [-0.05, 0) is 18.1 Å². The van der Waals surface area contributed by atoms with Crippen molar-refractivity contribution < 1.29 is 19.9 Å². The van der Waals surface area contributed by atoms with Crippen LogP contribution in [0.25, 0.3) is 0 Å². The van der Waals surface area contributed by atoms with Crippen LogP contribution in [0.5, 0.6) is 0 Å². The van der Waals surface area contributed by atoms with E-state index in [0.29, 0.717) is 10.6 Å². The fourth-order valence-corrected chi connectivity index (χ4v) is 2.27. The number of carboxylic acids is 1. The van der Waals surface area contributed by atoms with E-state index in [1.807, 2.05) is 0 Å². The van der Waals surface area contributed by atoms with Gasteiger partial charge in [0.1, 0.15) is 0 Å². The van der Waals surface area contributed by atoms with Gasteiger partial charge in [-0.2, -0.15) is 0 Å². The second-order valence-corrected chi connectivity index (χ2v) is 4.91. The molecule has 98 valence electrons. The van der Waals surface area contributed by atoms with Crippen molar-refractivity contribution in [2.24, 2.45) is 5.92 Å². The standard InChI is InChI=1S/C11H13NO5S/c1-7(5-13)6-18-10-4-8(11(14)15)2-3-9(10)12(16)17/h2-4,7,13H,5-6H2,1H3,(H,14,15). The second-order valence-electron chi connectivity index (χ2n) is 3.84. The van der Waals surface area contributed by atoms with Gasteiger partial charge >= 0.3 is 5.97 Å². The minimum Gasteiger partial charge on any atom is -0.478 e. The van der Waals surface area contributed by atoms with E-state index in [9.17, 15) is 14.9 Å². The summed E-state index contributed by atoms with van der Waals surface area (Å²) >= 11 is 1.17. The Kier molecular flexibility index (Phi) is 5.11. The fraction of sp³-hybridized carbons (Fsp3) is 0.364. The molecule has 0 bridgehead atoms. The van der Waals surface area contributed by atoms with E-state index in [4.69, 9.17) is 10.2 Å². The summed E-state index contributed by atoms with van der Waals surface area (Å²) in [4.78, 5) is 21.4. The quantitative estimate of drug-likeness (QED) is 0.466. The molecule has 0 amide bonds. The Balaban J connectivity index is 3.00. The third kappa shape index (κ3) is 3.71. The molecular formula is C11H13NO5S. The maximum Gasteiger partial charge on any atom is 0.335 e. The number of hydrogen-bond acceptors (Lipinski definition) is 5. The van der Waals surface area contributed by atoms with Gasteiger partial charge in [0.05, 0.1) is 15.4 Å². The molecule has 0 aliphatic carbocycles. The molecule has 0 saturated heterocycles. The molecule has 6 nitrogen and oxygen atoms in total. The summed E-state index contributed by atoms with van der Waals surface area (Å²) in [5.74, 6) is -0.648. The molecule has 1 rings (SSSR count). The van der Waals surface area contributed by atoms with Gasteiger partial charge in [-0.25, -0.2) is 4.79 Å². The minimum atomic E-state index is -1.12. The molecule has 0 spiro atoms. The number of nitro benzene ring substituents is 1. The Morgan fingerprint density at radius 2 is 2.22 bits per heavy atom. The maximum atomic E-state index is 10.8. The van der Waals surface area contributed by atoms with Gasteiger partial charge in [-0.3, -0.25) is 10.1 Å². The van der Waals surface area contributed by atoms with E-state index in [0.717, 1.165) is 0 Å². The number of nitro groups is 1. The van der Waals surface area contributed by atoms with Crippen molar-refractivity contribution in [3.63, 3.8) is 0 Å². The first-order valence-corrected chi connectivity index (χ1v) is 6.19. The number of hydrogen-bond donors (Lipinski definition) is 2. The number of carbonyl (C=O) groups is 1. The summed E-state index contributed by atoms with van der Waals surface area (Å²) in [5.41, 5.74) is -0.102. The summed E-state index contributed by atoms with van der Waals surface area (Å²) < 4.78 is 0. The number of nitrogens with zero attached hydrogens (tertiary/aromatic N) is 1. The van der Waals surface area contributed by atoms with E-state index in [2.05, 4.69) is 0 Å². The van der Waals surface area contributed by atoms with Crippen molar-refractivity contribution in [3.8, 4) is 0 Å². The van der Waals surface area contributed by atoms with E-state index in [1.165, 1.54) is 30.0 Å². The molecule has 1 aromatic carbocycles. The number of benzene rings is 1. The van der Waals surface area contributed by atoms with Crippen molar-refractivity contribution in [3.05, 3.63) is 33.9 Å². The molecule has 0 fully saturated rings. The third-order valence-corrected chi connectivity index (χ3v) is 3.61. The van der Waals surface area contributed by atoms with Gasteiger partial charge in [-0.1, -0.05) is 6.92 Å². The van der Waals surface area contributed by atoms with Crippen LogP contribution in [0.15, 0.2) is 23.1 Å². The van der Waals surface area contributed by atoms with E-state index < -0.39 is 10.9 Å². The zero-order chi connectivity index (χ0) is 13.7. The number of carboxylic acid groups (broad SMARTS) is 1. The van der Waals surface area contributed by atoms with Gasteiger partial charge in [-0.15, -0.1) is 11.8 Å². The lowest BCUT2D eigenvalue weighted by atomic mass is 10.2. The van der Waals surface area contributed by atoms with E-state index in [1.54, 1.807) is 6.92 Å². The highest BCUT2D eigenvalue weighted by molar-refractivity contribution is 7.99. The van der Waals surface area contributed by atoms with Crippen LogP contribution < -0.4 is 0 Å². The normalized spacial score (nSPS) is 12.1. The number of thioether (sulfide) groups is 1. The molecule has 2 N–H and O–H groups in total.